The lowest BCUT2D eigenvalue weighted by molar-refractivity contribution is -0.166. The average Bonchev–Trinajstić information content (AvgIpc) is 3.18. The molecule has 0 aliphatic heterocycles. The van der Waals surface area contributed by atoms with Gasteiger partial charge in [0.2, 0.25) is 0 Å². The number of ether oxygens (including phenoxy) is 3. The summed E-state index contributed by atoms with van der Waals surface area (Å²) >= 11 is 0. The van der Waals surface area contributed by atoms with Crippen LogP contribution in [0.1, 0.15) is 201 Å². The summed E-state index contributed by atoms with van der Waals surface area (Å²) in [4.78, 5) is 37.6. The molecule has 6 nitrogen and oxygen atoms in total. The molecule has 0 aromatic rings. The number of carbonyl (C=O) groups excluding carboxylic acids is 3. The zero-order valence-electron chi connectivity index (χ0n) is 35.7. The van der Waals surface area contributed by atoms with Crippen LogP contribution in [0.5, 0.6) is 0 Å². The van der Waals surface area contributed by atoms with E-state index >= 15 is 0 Å². The van der Waals surface area contributed by atoms with Gasteiger partial charge in [0.15, 0.2) is 6.10 Å². The molecule has 0 heterocycles. The van der Waals surface area contributed by atoms with Crippen LogP contribution in [0, 0.1) is 0 Å². The molecule has 55 heavy (non-hydrogen) atoms. The van der Waals surface area contributed by atoms with E-state index in [1.807, 2.05) is 6.08 Å². The van der Waals surface area contributed by atoms with E-state index in [4.69, 9.17) is 14.2 Å². The number of hydrogen-bond donors (Lipinski definition) is 0. The van der Waals surface area contributed by atoms with Crippen molar-refractivity contribution < 1.29 is 28.6 Å². The van der Waals surface area contributed by atoms with Crippen molar-refractivity contribution in [2.24, 2.45) is 0 Å². The summed E-state index contributed by atoms with van der Waals surface area (Å²) < 4.78 is 16.6. The second-order valence-corrected chi connectivity index (χ2v) is 14.6. The Labute approximate surface area is 338 Å². The lowest BCUT2D eigenvalue weighted by Crippen LogP contribution is -2.30. The summed E-state index contributed by atoms with van der Waals surface area (Å²) in [5.74, 6) is -1.06. The third-order valence-electron chi connectivity index (χ3n) is 9.23. The van der Waals surface area contributed by atoms with Gasteiger partial charge in [-0.15, -0.1) is 0 Å². The van der Waals surface area contributed by atoms with Gasteiger partial charge in [0.1, 0.15) is 13.2 Å². The topological polar surface area (TPSA) is 78.9 Å². The van der Waals surface area contributed by atoms with Crippen molar-refractivity contribution in [3.05, 3.63) is 72.9 Å². The summed E-state index contributed by atoms with van der Waals surface area (Å²) in [6.45, 7) is 6.37. The molecule has 0 aromatic carbocycles. The first kappa shape index (κ1) is 51.9. The molecular formula is C49H82O6. The highest BCUT2D eigenvalue weighted by molar-refractivity contribution is 5.72. The van der Waals surface area contributed by atoms with Gasteiger partial charge < -0.3 is 14.2 Å². The first-order valence-corrected chi connectivity index (χ1v) is 22.4. The Morgan fingerprint density at radius 2 is 0.782 bits per heavy atom. The van der Waals surface area contributed by atoms with Gasteiger partial charge >= 0.3 is 17.9 Å². The number of hydrogen-bond acceptors (Lipinski definition) is 6. The minimum absolute atomic E-state index is 0.108. The Morgan fingerprint density at radius 1 is 0.400 bits per heavy atom. The maximum Gasteiger partial charge on any atom is 0.309 e. The summed E-state index contributed by atoms with van der Waals surface area (Å²) in [5, 5.41) is 0. The standard InChI is InChI=1S/C49H82O6/c1-4-7-10-13-16-19-22-24-25-26-28-30-33-36-39-42-48(51)54-45-46(44-53-47(50)41-38-35-32-29-21-18-15-12-9-6-3)55-49(52)43-40-37-34-31-27-23-20-17-14-11-8-5-2/h7,10,16-17,19-20,24-25,28,30,36,39,46H,4-6,8-9,11-15,18,21-23,26-27,29,31-35,37-38,40-45H2,1-3H3/b10-7-,19-16-,20-17-,25-24-,30-28-,39-36-. The molecule has 0 bridgehead atoms. The normalized spacial score (nSPS) is 12.7. The zero-order valence-corrected chi connectivity index (χ0v) is 35.7. The second-order valence-electron chi connectivity index (χ2n) is 14.6. The van der Waals surface area contributed by atoms with Crippen LogP contribution in [0.2, 0.25) is 0 Å². The van der Waals surface area contributed by atoms with Gasteiger partial charge in [-0.2, -0.15) is 0 Å². The van der Waals surface area contributed by atoms with Crippen molar-refractivity contribution in [1.82, 2.24) is 0 Å². The van der Waals surface area contributed by atoms with Gasteiger partial charge in [0.25, 0.3) is 0 Å². The summed E-state index contributed by atoms with van der Waals surface area (Å²) in [6.07, 6.45) is 53.3. The highest BCUT2D eigenvalue weighted by atomic mass is 16.6. The third kappa shape index (κ3) is 41.8. The van der Waals surface area contributed by atoms with Crippen molar-refractivity contribution in [2.45, 2.75) is 207 Å². The SMILES string of the molecule is CC/C=C\C/C=C\C/C=C\C/C=C\C/C=C\CC(=O)OCC(COC(=O)CCCCCCCCCCCC)OC(=O)CCCCCCC/C=C\CCCCC. The quantitative estimate of drug-likeness (QED) is 0.0268. The molecule has 0 amide bonds. The monoisotopic (exact) mass is 767 g/mol. The Balaban J connectivity index is 4.52. The van der Waals surface area contributed by atoms with Crippen molar-refractivity contribution in [2.75, 3.05) is 13.2 Å². The summed E-state index contributed by atoms with van der Waals surface area (Å²) in [5.41, 5.74) is 0. The summed E-state index contributed by atoms with van der Waals surface area (Å²) in [6, 6.07) is 0. The van der Waals surface area contributed by atoms with Crippen molar-refractivity contribution in [3.8, 4) is 0 Å². The molecule has 0 saturated heterocycles. The third-order valence-corrected chi connectivity index (χ3v) is 9.23. The Morgan fingerprint density at radius 3 is 1.29 bits per heavy atom. The Bertz CT molecular complexity index is 1070. The molecular weight excluding hydrogens is 685 g/mol. The molecule has 314 valence electrons. The van der Waals surface area contributed by atoms with Crippen LogP contribution in [0.15, 0.2) is 72.9 Å². The highest BCUT2D eigenvalue weighted by Crippen LogP contribution is 2.13. The molecule has 1 unspecified atom stereocenters. The van der Waals surface area contributed by atoms with Gasteiger partial charge in [0.05, 0.1) is 6.42 Å². The minimum atomic E-state index is -0.814. The van der Waals surface area contributed by atoms with E-state index in [2.05, 4.69) is 81.5 Å². The van der Waals surface area contributed by atoms with E-state index in [9.17, 15) is 14.4 Å². The fourth-order valence-corrected chi connectivity index (χ4v) is 5.86. The van der Waals surface area contributed by atoms with Crippen LogP contribution >= 0.6 is 0 Å². The highest BCUT2D eigenvalue weighted by Gasteiger charge is 2.19. The van der Waals surface area contributed by atoms with Gasteiger partial charge in [-0.05, 0) is 70.6 Å². The Hall–Kier alpha value is -3.15. The van der Waals surface area contributed by atoms with Crippen LogP contribution in [-0.4, -0.2) is 37.2 Å². The average molecular weight is 767 g/mol. The van der Waals surface area contributed by atoms with Gasteiger partial charge in [-0.25, -0.2) is 0 Å². The van der Waals surface area contributed by atoms with E-state index < -0.39 is 12.1 Å². The predicted molar refractivity (Wildman–Crippen MR) is 233 cm³/mol. The van der Waals surface area contributed by atoms with Gasteiger partial charge in [0, 0.05) is 12.8 Å². The minimum Gasteiger partial charge on any atom is -0.462 e. The molecule has 0 spiro atoms. The molecule has 0 radical (unpaired) electrons. The number of rotatable bonds is 39. The van der Waals surface area contributed by atoms with Gasteiger partial charge in [-0.1, -0.05) is 184 Å². The van der Waals surface area contributed by atoms with Crippen molar-refractivity contribution in [1.29, 1.82) is 0 Å². The lowest BCUT2D eigenvalue weighted by atomic mass is 10.1. The molecule has 0 rings (SSSR count). The largest absolute Gasteiger partial charge is 0.462 e. The molecule has 1 atom stereocenters. The molecule has 0 aliphatic carbocycles. The predicted octanol–water partition coefficient (Wildman–Crippen LogP) is 14.3. The smallest absolute Gasteiger partial charge is 0.309 e. The number of carbonyl (C=O) groups is 3. The molecule has 0 aliphatic rings. The van der Waals surface area contributed by atoms with Gasteiger partial charge in [-0.3, -0.25) is 14.4 Å². The zero-order chi connectivity index (χ0) is 40.1. The van der Waals surface area contributed by atoms with E-state index in [0.717, 1.165) is 83.5 Å². The maximum absolute atomic E-state index is 12.7. The molecule has 0 N–H and O–H groups in total. The van der Waals surface area contributed by atoms with Crippen molar-refractivity contribution >= 4 is 17.9 Å². The first-order valence-electron chi connectivity index (χ1n) is 22.4. The van der Waals surface area contributed by atoms with E-state index in [1.54, 1.807) is 6.08 Å². The van der Waals surface area contributed by atoms with Crippen LogP contribution in [0.3, 0.4) is 0 Å². The number of esters is 3. The maximum atomic E-state index is 12.7. The number of unbranched alkanes of at least 4 members (excludes halogenated alkanes) is 17. The molecule has 0 fully saturated rings. The fourth-order valence-electron chi connectivity index (χ4n) is 5.86. The van der Waals surface area contributed by atoms with E-state index in [0.29, 0.717) is 12.8 Å². The first-order chi connectivity index (χ1) is 27.0. The van der Waals surface area contributed by atoms with Crippen LogP contribution in [0.25, 0.3) is 0 Å². The van der Waals surface area contributed by atoms with Crippen molar-refractivity contribution in [3.63, 3.8) is 0 Å². The number of allylic oxidation sites excluding steroid dienone is 11. The lowest BCUT2D eigenvalue weighted by Gasteiger charge is -2.18. The van der Waals surface area contributed by atoms with Crippen LogP contribution < -0.4 is 0 Å². The van der Waals surface area contributed by atoms with E-state index in [-0.39, 0.29) is 31.6 Å². The fraction of sp³-hybridized carbons (Fsp3) is 0.694. The van der Waals surface area contributed by atoms with E-state index in [1.165, 1.54) is 77.0 Å². The van der Waals surface area contributed by atoms with Crippen LogP contribution in [-0.2, 0) is 28.6 Å². The summed E-state index contributed by atoms with van der Waals surface area (Å²) in [7, 11) is 0. The molecule has 6 heteroatoms. The Kier molecular flexibility index (Phi) is 41.1. The second kappa shape index (κ2) is 43.6. The molecule has 0 aromatic heterocycles. The van der Waals surface area contributed by atoms with Crippen LogP contribution in [0.4, 0.5) is 0 Å². The molecule has 0 saturated carbocycles.